The molecule has 2 rings (SSSR count). The third kappa shape index (κ3) is 11.6. The molecule has 0 unspecified atom stereocenters. The highest BCUT2D eigenvalue weighted by molar-refractivity contribution is 5.68. The zero-order valence-corrected chi connectivity index (χ0v) is 15.8. The Bertz CT molecular complexity index is 409. The van der Waals surface area contributed by atoms with Crippen molar-refractivity contribution in [1.29, 1.82) is 0 Å². The van der Waals surface area contributed by atoms with E-state index >= 15 is 0 Å². The van der Waals surface area contributed by atoms with Gasteiger partial charge in [0.25, 0.3) is 0 Å². The number of carbonyl (C=O) groups is 1. The molecule has 0 spiro atoms. The zero-order valence-electron chi connectivity index (χ0n) is 15.8. The van der Waals surface area contributed by atoms with Crippen LogP contribution in [0.4, 0.5) is 4.79 Å². The van der Waals surface area contributed by atoms with Crippen LogP contribution in [0.3, 0.4) is 0 Å². The Morgan fingerprint density at radius 1 is 1.26 bits per heavy atom. The lowest BCUT2D eigenvalue weighted by molar-refractivity contribution is 0.106. The first-order valence-corrected chi connectivity index (χ1v) is 8.61. The number of alkyl carbamates (subject to hydrolysis) is 1. The summed E-state index contributed by atoms with van der Waals surface area (Å²) in [5.74, 6) is 0. The second-order valence-corrected chi connectivity index (χ2v) is 4.77. The average molecular weight is 328 g/mol. The van der Waals surface area contributed by atoms with Crippen LogP contribution in [0, 0.1) is 6.92 Å². The topological polar surface area (TPSA) is 58.6 Å². The van der Waals surface area contributed by atoms with Crippen LogP contribution in [-0.4, -0.2) is 30.5 Å². The van der Waals surface area contributed by atoms with Gasteiger partial charge in [-0.1, -0.05) is 52.0 Å². The fraction of sp³-hybridized carbons (Fsp3) is 0.632. The Labute approximate surface area is 143 Å². The van der Waals surface area contributed by atoms with Crippen molar-refractivity contribution in [3.05, 3.63) is 35.4 Å². The lowest BCUT2D eigenvalue weighted by atomic mass is 10.0. The molecule has 1 fully saturated rings. The molecule has 4 heteroatoms. The fourth-order valence-electron chi connectivity index (χ4n) is 1.80. The molecule has 0 aromatic heterocycles. The summed E-state index contributed by atoms with van der Waals surface area (Å²) >= 11 is 0. The first-order valence-electron chi connectivity index (χ1n) is 8.61. The van der Waals surface area contributed by atoms with Gasteiger partial charge in [-0.05, 0) is 37.8 Å². The lowest BCUT2D eigenvalue weighted by Crippen LogP contribution is -2.30. The second-order valence-electron chi connectivity index (χ2n) is 4.77. The number of hydrogen-bond donors (Lipinski definition) is 2. The maximum atomic E-state index is 11.4. The van der Waals surface area contributed by atoms with E-state index in [1.54, 1.807) is 0 Å². The van der Waals surface area contributed by atoms with Crippen molar-refractivity contribution < 1.29 is 16.1 Å². The minimum Gasteiger partial charge on any atom is -0.446 e. The summed E-state index contributed by atoms with van der Waals surface area (Å²) in [5.41, 5.74) is 2.48. The number of amides is 1. The van der Waals surface area contributed by atoms with E-state index in [4.69, 9.17) is 9.84 Å². The molecule has 1 aliphatic carbocycles. The Kier molecular flexibility index (Phi) is 15.8. The molecule has 1 saturated carbocycles. The summed E-state index contributed by atoms with van der Waals surface area (Å²) in [6.45, 7) is 12.0. The number of aryl methyl sites for hydroxylation is 1. The number of aliphatic hydroxyl groups excluding tert-OH is 1. The number of aliphatic hydroxyl groups is 1. The van der Waals surface area contributed by atoms with Gasteiger partial charge in [-0.3, -0.25) is 0 Å². The van der Waals surface area contributed by atoms with Gasteiger partial charge < -0.3 is 15.2 Å². The molecule has 1 amide bonds. The molecule has 1 aromatic rings. The predicted molar refractivity (Wildman–Crippen MR) is 99.9 cm³/mol. The fourth-order valence-corrected chi connectivity index (χ4v) is 1.80. The van der Waals surface area contributed by atoms with Crippen molar-refractivity contribution >= 4 is 6.09 Å². The summed E-state index contributed by atoms with van der Waals surface area (Å²) in [6.07, 6.45) is 2.57. The number of ether oxygens (including phenoxy) is 1. The molecule has 0 heterocycles. The lowest BCUT2D eigenvalue weighted by Gasteiger charge is -2.15. The van der Waals surface area contributed by atoms with E-state index in [0.29, 0.717) is 6.04 Å². The van der Waals surface area contributed by atoms with Gasteiger partial charge in [0.05, 0.1) is 0 Å². The van der Waals surface area contributed by atoms with Crippen LogP contribution in [-0.2, 0) is 11.2 Å². The van der Waals surface area contributed by atoms with Crippen LogP contribution in [0.1, 0.15) is 60.0 Å². The van der Waals surface area contributed by atoms with Crippen molar-refractivity contribution in [2.45, 2.75) is 73.0 Å². The maximum Gasteiger partial charge on any atom is 0.407 e. The highest BCUT2D eigenvalue weighted by Gasteiger charge is 2.24. The minimum absolute atomic E-state index is 0. The van der Waals surface area contributed by atoms with Gasteiger partial charge in [-0.25, -0.2) is 4.79 Å². The molecule has 1 aliphatic rings. The molecule has 136 valence electrons. The van der Waals surface area contributed by atoms with Crippen LogP contribution in [0.15, 0.2) is 24.3 Å². The Balaban J connectivity index is -0.000000569. The molecule has 1 atom stereocenters. The minimum atomic E-state index is -0.284. The molecule has 0 radical (unpaired) electrons. The van der Waals surface area contributed by atoms with Gasteiger partial charge in [0.2, 0.25) is 0 Å². The molecule has 23 heavy (non-hydrogen) atoms. The van der Waals surface area contributed by atoms with Gasteiger partial charge in [-0.15, -0.1) is 0 Å². The van der Waals surface area contributed by atoms with E-state index < -0.39 is 0 Å². The predicted octanol–water partition coefficient (Wildman–Crippen LogP) is 4.72. The Morgan fingerprint density at radius 3 is 2.26 bits per heavy atom. The molecule has 2 N–H and O–H groups in total. The smallest absolute Gasteiger partial charge is 0.407 e. The molecule has 0 saturated heterocycles. The molecule has 0 aliphatic heterocycles. The van der Waals surface area contributed by atoms with Crippen LogP contribution < -0.4 is 5.32 Å². The SMILES string of the molecule is CC.CC.CO.Cc1ccccc1C[C@H](C)OC(=O)NC1CC1.[HH]. The Hall–Kier alpha value is -1.55. The van der Waals surface area contributed by atoms with E-state index in [2.05, 4.69) is 24.4 Å². The van der Waals surface area contributed by atoms with Crippen LogP contribution in [0.2, 0.25) is 0 Å². The zero-order chi connectivity index (χ0) is 18.3. The summed E-state index contributed by atoms with van der Waals surface area (Å²) in [7, 11) is 1.00. The molecule has 0 bridgehead atoms. The van der Waals surface area contributed by atoms with Gasteiger partial charge >= 0.3 is 6.09 Å². The van der Waals surface area contributed by atoms with Crippen molar-refractivity contribution in [1.82, 2.24) is 5.32 Å². The van der Waals surface area contributed by atoms with Crippen LogP contribution >= 0.6 is 0 Å². The number of nitrogens with one attached hydrogen (secondary N) is 1. The van der Waals surface area contributed by atoms with Gasteiger partial charge in [-0.2, -0.15) is 0 Å². The maximum absolute atomic E-state index is 11.4. The first kappa shape index (κ1) is 23.7. The average Bonchev–Trinajstić information content (AvgIpc) is 3.39. The third-order valence-corrected chi connectivity index (χ3v) is 2.98. The van der Waals surface area contributed by atoms with Gasteiger partial charge in [0.15, 0.2) is 0 Å². The normalized spacial score (nSPS) is 12.9. The second kappa shape index (κ2) is 15.3. The van der Waals surface area contributed by atoms with Crippen LogP contribution in [0.5, 0.6) is 0 Å². The number of rotatable bonds is 4. The standard InChI is InChI=1S/C14H19NO2.2C2H6.CH4O.H2/c1-10-5-3-4-6-12(10)9-11(2)17-14(16)15-13-7-8-13;3*1-2;/h3-6,11,13H,7-9H2,1-2H3,(H,15,16);2*1-2H3;2H,1H3;1H/t11-;;;;/m0..../s1. The molecule has 4 nitrogen and oxygen atoms in total. The van der Waals surface area contributed by atoms with E-state index in [-0.39, 0.29) is 13.6 Å². The van der Waals surface area contributed by atoms with E-state index in [0.717, 1.165) is 26.4 Å². The van der Waals surface area contributed by atoms with Crippen molar-refractivity contribution in [2.75, 3.05) is 7.11 Å². The Morgan fingerprint density at radius 2 is 1.78 bits per heavy atom. The summed E-state index contributed by atoms with van der Waals surface area (Å²) < 4.78 is 5.31. The van der Waals surface area contributed by atoms with Crippen molar-refractivity contribution in [3.8, 4) is 0 Å². The highest BCUT2D eigenvalue weighted by atomic mass is 16.6. The monoisotopic (exact) mass is 327 g/mol. The van der Waals surface area contributed by atoms with Gasteiger partial charge in [0, 0.05) is 21.0 Å². The summed E-state index contributed by atoms with van der Waals surface area (Å²) in [6, 6.07) is 8.54. The van der Waals surface area contributed by atoms with E-state index in [9.17, 15) is 4.79 Å². The van der Waals surface area contributed by atoms with Crippen molar-refractivity contribution in [3.63, 3.8) is 0 Å². The molecular formula is C19H37NO3. The first-order chi connectivity index (χ1) is 11.1. The number of carbonyl (C=O) groups excluding carboxylic acids is 1. The third-order valence-electron chi connectivity index (χ3n) is 2.98. The molecular weight excluding hydrogens is 290 g/mol. The number of hydrogen-bond acceptors (Lipinski definition) is 3. The van der Waals surface area contributed by atoms with Gasteiger partial charge in [0.1, 0.15) is 6.10 Å². The molecule has 1 aromatic carbocycles. The van der Waals surface area contributed by atoms with Crippen molar-refractivity contribution in [2.24, 2.45) is 0 Å². The number of benzene rings is 1. The van der Waals surface area contributed by atoms with Crippen LogP contribution in [0.25, 0.3) is 0 Å². The highest BCUT2D eigenvalue weighted by Crippen LogP contribution is 2.19. The van der Waals surface area contributed by atoms with E-state index in [1.807, 2.05) is 46.8 Å². The largest absolute Gasteiger partial charge is 0.446 e. The summed E-state index contributed by atoms with van der Waals surface area (Å²) in [5, 5.41) is 9.82. The summed E-state index contributed by atoms with van der Waals surface area (Å²) in [4.78, 5) is 11.4. The quantitative estimate of drug-likeness (QED) is 0.841. The van der Waals surface area contributed by atoms with E-state index in [1.165, 1.54) is 11.1 Å².